The van der Waals surface area contributed by atoms with E-state index in [1.165, 1.54) is 0 Å². The van der Waals surface area contributed by atoms with Crippen LogP contribution in [-0.2, 0) is 4.74 Å². The van der Waals surface area contributed by atoms with Gasteiger partial charge in [-0.2, -0.15) is 0 Å². The standard InChI is InChI=1S/C4H7NOS/c1-6-4-2-7-3-5-4/h2,5H,3H2,1H3. The molecule has 7 heavy (non-hydrogen) atoms. The van der Waals surface area contributed by atoms with Gasteiger partial charge in [0.1, 0.15) is 0 Å². The summed E-state index contributed by atoms with van der Waals surface area (Å²) < 4.78 is 4.84. The van der Waals surface area contributed by atoms with Crippen LogP contribution in [0.3, 0.4) is 0 Å². The van der Waals surface area contributed by atoms with Crippen molar-refractivity contribution in [3.05, 3.63) is 11.3 Å². The fourth-order valence-electron chi connectivity index (χ4n) is 0.392. The zero-order chi connectivity index (χ0) is 5.11. The van der Waals surface area contributed by atoms with Crippen molar-refractivity contribution in [1.82, 2.24) is 5.32 Å². The van der Waals surface area contributed by atoms with Crippen molar-refractivity contribution in [3.63, 3.8) is 0 Å². The van der Waals surface area contributed by atoms with Crippen LogP contribution in [0.2, 0.25) is 0 Å². The van der Waals surface area contributed by atoms with E-state index in [0.29, 0.717) is 0 Å². The lowest BCUT2D eigenvalue weighted by atomic mass is 10.9. The Balaban J connectivity index is 2.36. The minimum atomic E-state index is 0.880. The zero-order valence-electron chi connectivity index (χ0n) is 4.10. The summed E-state index contributed by atoms with van der Waals surface area (Å²) in [6, 6.07) is 0. The van der Waals surface area contributed by atoms with Crippen LogP contribution in [0.15, 0.2) is 11.3 Å². The summed E-state index contributed by atoms with van der Waals surface area (Å²) in [7, 11) is 1.66. The summed E-state index contributed by atoms with van der Waals surface area (Å²) in [6.45, 7) is 0. The molecule has 0 radical (unpaired) electrons. The summed E-state index contributed by atoms with van der Waals surface area (Å²) in [5.41, 5.74) is 0. The van der Waals surface area contributed by atoms with Crippen molar-refractivity contribution in [3.8, 4) is 0 Å². The molecule has 40 valence electrons. The Hall–Kier alpha value is -0.310. The van der Waals surface area contributed by atoms with Crippen molar-refractivity contribution in [2.24, 2.45) is 0 Å². The highest BCUT2D eigenvalue weighted by molar-refractivity contribution is 8.02. The summed E-state index contributed by atoms with van der Waals surface area (Å²) in [5, 5.41) is 4.97. The Morgan fingerprint density at radius 3 is 3.14 bits per heavy atom. The first-order valence-electron chi connectivity index (χ1n) is 2.03. The average Bonchev–Trinajstić information content (AvgIpc) is 2.14. The maximum absolute atomic E-state index is 4.84. The van der Waals surface area contributed by atoms with E-state index >= 15 is 0 Å². The van der Waals surface area contributed by atoms with Crippen LogP contribution < -0.4 is 5.32 Å². The van der Waals surface area contributed by atoms with Crippen LogP contribution in [0, 0.1) is 0 Å². The van der Waals surface area contributed by atoms with Crippen LogP contribution in [0.5, 0.6) is 0 Å². The summed E-state index contributed by atoms with van der Waals surface area (Å²) in [6.07, 6.45) is 0. The molecular formula is C4H7NOS. The van der Waals surface area contributed by atoms with Gasteiger partial charge in [0, 0.05) is 5.41 Å². The van der Waals surface area contributed by atoms with E-state index in [1.54, 1.807) is 18.9 Å². The van der Waals surface area contributed by atoms with Crippen molar-refractivity contribution >= 4 is 11.8 Å². The fraction of sp³-hybridized carbons (Fsp3) is 0.500. The maximum atomic E-state index is 4.84. The molecule has 0 aromatic heterocycles. The van der Waals surface area contributed by atoms with E-state index in [1.807, 2.05) is 5.41 Å². The minimum absolute atomic E-state index is 0.880. The quantitative estimate of drug-likeness (QED) is 0.547. The average molecular weight is 117 g/mol. The predicted octanol–water partition coefficient (Wildman–Crippen LogP) is 0.726. The molecular weight excluding hydrogens is 110 g/mol. The lowest BCUT2D eigenvalue weighted by Gasteiger charge is -1.96. The molecule has 0 aliphatic carbocycles. The molecule has 0 aromatic carbocycles. The molecule has 0 saturated carbocycles. The number of thioether (sulfide) groups is 1. The third-order valence-corrected chi connectivity index (χ3v) is 1.43. The molecule has 0 fully saturated rings. The van der Waals surface area contributed by atoms with Gasteiger partial charge in [-0.05, 0) is 0 Å². The maximum Gasteiger partial charge on any atom is 0.193 e. The smallest absolute Gasteiger partial charge is 0.193 e. The van der Waals surface area contributed by atoms with Gasteiger partial charge in [0.15, 0.2) is 5.88 Å². The molecule has 1 aliphatic heterocycles. The summed E-state index contributed by atoms with van der Waals surface area (Å²) in [5.74, 6) is 1.83. The minimum Gasteiger partial charge on any atom is -0.482 e. The van der Waals surface area contributed by atoms with Gasteiger partial charge in [-0.25, -0.2) is 0 Å². The fourth-order valence-corrected chi connectivity index (χ4v) is 1.03. The van der Waals surface area contributed by atoms with Gasteiger partial charge in [-0.3, -0.25) is 0 Å². The number of hydrogen-bond acceptors (Lipinski definition) is 3. The molecule has 0 unspecified atom stereocenters. The zero-order valence-corrected chi connectivity index (χ0v) is 4.92. The van der Waals surface area contributed by atoms with Gasteiger partial charge in [0.2, 0.25) is 0 Å². The number of methoxy groups -OCH3 is 1. The van der Waals surface area contributed by atoms with E-state index in [2.05, 4.69) is 5.32 Å². The Labute approximate surface area is 46.9 Å². The Morgan fingerprint density at radius 1 is 2.00 bits per heavy atom. The molecule has 0 aromatic rings. The van der Waals surface area contributed by atoms with Crippen LogP contribution in [0.1, 0.15) is 0 Å². The largest absolute Gasteiger partial charge is 0.482 e. The highest BCUT2D eigenvalue weighted by Crippen LogP contribution is 2.11. The lowest BCUT2D eigenvalue weighted by molar-refractivity contribution is 0.270. The summed E-state index contributed by atoms with van der Waals surface area (Å²) >= 11 is 1.71. The van der Waals surface area contributed by atoms with Crippen molar-refractivity contribution in [2.75, 3.05) is 13.0 Å². The first-order valence-corrected chi connectivity index (χ1v) is 3.08. The third-order valence-electron chi connectivity index (χ3n) is 0.740. The van der Waals surface area contributed by atoms with Crippen LogP contribution in [0.25, 0.3) is 0 Å². The van der Waals surface area contributed by atoms with E-state index in [0.717, 1.165) is 11.8 Å². The molecule has 3 heteroatoms. The van der Waals surface area contributed by atoms with Crippen LogP contribution in [-0.4, -0.2) is 13.0 Å². The Kier molecular flexibility index (Phi) is 1.46. The second-order valence-corrected chi connectivity index (χ2v) is 2.03. The topological polar surface area (TPSA) is 21.3 Å². The first-order chi connectivity index (χ1) is 3.43. The molecule has 2 nitrogen and oxygen atoms in total. The van der Waals surface area contributed by atoms with Gasteiger partial charge >= 0.3 is 0 Å². The van der Waals surface area contributed by atoms with Gasteiger partial charge < -0.3 is 10.1 Å². The second kappa shape index (κ2) is 2.12. The Morgan fingerprint density at radius 2 is 2.86 bits per heavy atom. The molecule has 1 N–H and O–H groups in total. The highest BCUT2D eigenvalue weighted by Gasteiger charge is 1.99. The van der Waals surface area contributed by atoms with E-state index in [9.17, 15) is 0 Å². The van der Waals surface area contributed by atoms with Crippen molar-refractivity contribution < 1.29 is 4.74 Å². The molecule has 0 amide bonds. The molecule has 0 bridgehead atoms. The monoisotopic (exact) mass is 117 g/mol. The number of hydrogen-bond donors (Lipinski definition) is 1. The number of rotatable bonds is 1. The van der Waals surface area contributed by atoms with E-state index < -0.39 is 0 Å². The summed E-state index contributed by atoms with van der Waals surface area (Å²) in [4.78, 5) is 0. The van der Waals surface area contributed by atoms with Crippen LogP contribution >= 0.6 is 11.8 Å². The normalized spacial score (nSPS) is 18.1. The molecule has 1 rings (SSSR count). The Bertz CT molecular complexity index is 91.7. The third kappa shape index (κ3) is 1.03. The first kappa shape index (κ1) is 4.84. The molecule has 1 heterocycles. The molecule has 1 aliphatic rings. The molecule has 0 spiro atoms. The van der Waals surface area contributed by atoms with Crippen LogP contribution in [0.4, 0.5) is 0 Å². The number of nitrogens with one attached hydrogen (secondary N) is 1. The van der Waals surface area contributed by atoms with Crippen molar-refractivity contribution in [2.45, 2.75) is 0 Å². The van der Waals surface area contributed by atoms with Gasteiger partial charge in [-0.15, -0.1) is 11.8 Å². The molecule has 0 saturated heterocycles. The molecule has 0 atom stereocenters. The second-order valence-electron chi connectivity index (χ2n) is 1.17. The lowest BCUT2D eigenvalue weighted by Crippen LogP contribution is -2.06. The number of ether oxygens (including phenoxy) is 1. The van der Waals surface area contributed by atoms with Gasteiger partial charge in [0.05, 0.1) is 13.0 Å². The van der Waals surface area contributed by atoms with Gasteiger partial charge in [-0.1, -0.05) is 0 Å². The van der Waals surface area contributed by atoms with E-state index in [-0.39, 0.29) is 0 Å². The SMILES string of the molecule is COC1=CSCN1. The van der Waals surface area contributed by atoms with Gasteiger partial charge in [0.25, 0.3) is 0 Å². The van der Waals surface area contributed by atoms with Crippen molar-refractivity contribution in [1.29, 1.82) is 0 Å². The highest BCUT2D eigenvalue weighted by atomic mass is 32.2. The van der Waals surface area contributed by atoms with E-state index in [4.69, 9.17) is 4.74 Å². The predicted molar refractivity (Wildman–Crippen MR) is 30.7 cm³/mol.